The van der Waals surface area contributed by atoms with Crippen LogP contribution in [0.3, 0.4) is 0 Å². The molecule has 0 aromatic rings. The summed E-state index contributed by atoms with van der Waals surface area (Å²) in [5, 5.41) is 0. The molecule has 0 unspecified atom stereocenters. The molecule has 3 heteroatoms. The zero-order valence-electron chi connectivity index (χ0n) is 6.14. The number of hydrogen-bond acceptors (Lipinski definition) is 0. The molecule has 0 radical (unpaired) electrons. The molecule has 0 aromatic heterocycles. The van der Waals surface area contributed by atoms with Gasteiger partial charge in [0, 0.05) is 0 Å². The van der Waals surface area contributed by atoms with E-state index in [4.69, 9.17) is 0 Å². The normalized spacial score (nSPS) is 6.00. The smallest absolute Gasteiger partial charge is 2.00 e. The number of rotatable bonds is 3. The van der Waals surface area contributed by atoms with Crippen molar-refractivity contribution in [1.29, 1.82) is 0 Å². The van der Waals surface area contributed by atoms with Crippen molar-refractivity contribution in [3.8, 4) is 0 Å². The molecule has 0 N–H and O–H groups in total. The fourth-order valence-corrected chi connectivity index (χ4v) is 0.500. The molecule has 0 bridgehead atoms. The predicted molar refractivity (Wildman–Crippen MR) is 31.2 cm³/mol. The summed E-state index contributed by atoms with van der Waals surface area (Å²) < 4.78 is 0. The molecule has 9 heavy (non-hydrogen) atoms. The second kappa shape index (κ2) is 23.4. The van der Waals surface area contributed by atoms with Gasteiger partial charge in [0.05, 0.1) is 0 Å². The Labute approximate surface area is 72.5 Å². The molecular weight excluding hydrogens is 152 g/mol. The van der Waals surface area contributed by atoms with Crippen molar-refractivity contribution in [2.45, 2.75) is 39.5 Å². The van der Waals surface area contributed by atoms with Crippen LogP contribution in [-0.2, 0) is 32.7 Å². The molecule has 0 saturated heterocycles. The molecule has 0 spiro atoms. The van der Waals surface area contributed by atoms with Gasteiger partial charge in [-0.25, -0.2) is 0 Å². The molecule has 0 rings (SSSR count). The SMILES string of the molecule is CCCCCC.[O-2].[O-2].[Ti+4]. The summed E-state index contributed by atoms with van der Waals surface area (Å²) in [5.41, 5.74) is 0. The van der Waals surface area contributed by atoms with Crippen LogP contribution in [0.15, 0.2) is 0 Å². The summed E-state index contributed by atoms with van der Waals surface area (Å²) in [7, 11) is 0. The Kier molecular flexibility index (Phi) is 58.9. The van der Waals surface area contributed by atoms with Gasteiger partial charge >= 0.3 is 21.7 Å². The van der Waals surface area contributed by atoms with Gasteiger partial charge in [0.1, 0.15) is 0 Å². The van der Waals surface area contributed by atoms with E-state index in [0.29, 0.717) is 0 Å². The van der Waals surface area contributed by atoms with Gasteiger partial charge in [0.2, 0.25) is 0 Å². The Bertz CT molecular complexity index is 23.0. The summed E-state index contributed by atoms with van der Waals surface area (Å²) in [4.78, 5) is 0. The third kappa shape index (κ3) is 28.8. The molecule has 0 aliphatic heterocycles. The Morgan fingerprint density at radius 3 is 1.11 bits per heavy atom. The van der Waals surface area contributed by atoms with Gasteiger partial charge in [-0.15, -0.1) is 0 Å². The fourth-order valence-electron chi connectivity index (χ4n) is 0.500. The van der Waals surface area contributed by atoms with Gasteiger partial charge < -0.3 is 11.0 Å². The minimum Gasteiger partial charge on any atom is -2.00 e. The molecule has 0 aliphatic rings. The van der Waals surface area contributed by atoms with Crippen molar-refractivity contribution in [2.24, 2.45) is 0 Å². The van der Waals surface area contributed by atoms with Gasteiger partial charge in [-0.2, -0.15) is 0 Å². The second-order valence-electron chi connectivity index (χ2n) is 1.71. The first-order valence-electron chi connectivity index (χ1n) is 2.91. The maximum Gasteiger partial charge on any atom is 4.00 e. The largest absolute Gasteiger partial charge is 4.00 e. The average molecular weight is 166 g/mol. The van der Waals surface area contributed by atoms with Crippen LogP contribution in [0, 0.1) is 0 Å². The quantitative estimate of drug-likeness (QED) is 0.456. The molecule has 0 atom stereocenters. The molecule has 0 aliphatic carbocycles. The van der Waals surface area contributed by atoms with Crippen LogP contribution in [-0.4, -0.2) is 0 Å². The van der Waals surface area contributed by atoms with Gasteiger partial charge in [-0.05, 0) is 0 Å². The predicted octanol–water partition coefficient (Wildman–Crippen LogP) is 2.35. The summed E-state index contributed by atoms with van der Waals surface area (Å²) in [5.74, 6) is 0. The van der Waals surface area contributed by atoms with Crippen LogP contribution < -0.4 is 0 Å². The Hall–Kier alpha value is 0.634. The number of hydrogen-bond donors (Lipinski definition) is 0. The first-order valence-corrected chi connectivity index (χ1v) is 2.91. The average Bonchev–Trinajstić information content (AvgIpc) is 1.61. The van der Waals surface area contributed by atoms with Crippen molar-refractivity contribution in [1.82, 2.24) is 0 Å². The Morgan fingerprint density at radius 1 is 0.778 bits per heavy atom. The van der Waals surface area contributed by atoms with Crippen molar-refractivity contribution < 1.29 is 32.7 Å². The van der Waals surface area contributed by atoms with Gasteiger partial charge in [-0.1, -0.05) is 39.5 Å². The van der Waals surface area contributed by atoms with E-state index in [1.807, 2.05) is 0 Å². The maximum absolute atomic E-state index is 2.23. The molecule has 2 nitrogen and oxygen atoms in total. The number of unbranched alkanes of at least 4 members (excludes halogenated alkanes) is 3. The van der Waals surface area contributed by atoms with Crippen LogP contribution in [0.2, 0.25) is 0 Å². The first kappa shape index (κ1) is 22.6. The van der Waals surface area contributed by atoms with Gasteiger partial charge in [-0.3, -0.25) is 0 Å². The fraction of sp³-hybridized carbons (Fsp3) is 1.00. The second-order valence-corrected chi connectivity index (χ2v) is 1.71. The summed E-state index contributed by atoms with van der Waals surface area (Å²) in [6.07, 6.45) is 5.54. The molecular formula is C6H14O2Ti. The topological polar surface area (TPSA) is 57.0 Å². The van der Waals surface area contributed by atoms with Crippen molar-refractivity contribution >= 4 is 0 Å². The molecule has 0 fully saturated rings. The van der Waals surface area contributed by atoms with E-state index in [1.54, 1.807) is 0 Å². The first-order chi connectivity index (χ1) is 2.91. The summed E-state index contributed by atoms with van der Waals surface area (Å²) in [6, 6.07) is 0. The van der Waals surface area contributed by atoms with Crippen LogP contribution in [0.1, 0.15) is 39.5 Å². The van der Waals surface area contributed by atoms with Crippen LogP contribution in [0.25, 0.3) is 0 Å². The zero-order chi connectivity index (χ0) is 4.83. The van der Waals surface area contributed by atoms with Crippen LogP contribution in [0.4, 0.5) is 0 Å². The van der Waals surface area contributed by atoms with E-state index in [-0.39, 0.29) is 32.7 Å². The van der Waals surface area contributed by atoms with E-state index in [0.717, 1.165) is 0 Å². The molecule has 0 saturated carbocycles. The molecule has 0 heterocycles. The summed E-state index contributed by atoms with van der Waals surface area (Å²) in [6.45, 7) is 4.46. The monoisotopic (exact) mass is 166 g/mol. The molecule has 54 valence electrons. The van der Waals surface area contributed by atoms with Crippen molar-refractivity contribution in [3.63, 3.8) is 0 Å². The van der Waals surface area contributed by atoms with E-state index in [9.17, 15) is 0 Å². The Balaban J connectivity index is -0.0000000417. The minimum atomic E-state index is 0. The van der Waals surface area contributed by atoms with Crippen LogP contribution in [0.5, 0.6) is 0 Å². The van der Waals surface area contributed by atoms with E-state index >= 15 is 0 Å². The molecule has 0 aromatic carbocycles. The third-order valence-corrected chi connectivity index (χ3v) is 0.957. The van der Waals surface area contributed by atoms with E-state index < -0.39 is 0 Å². The standard InChI is InChI=1S/C6H14.2O.Ti/c1-3-5-6-4-2;;;/h3-6H2,1-2H3;;;/q;2*-2;+4. The van der Waals surface area contributed by atoms with Gasteiger partial charge in [0.15, 0.2) is 0 Å². The maximum atomic E-state index is 2.23. The summed E-state index contributed by atoms with van der Waals surface area (Å²) >= 11 is 0. The molecule has 0 amide bonds. The third-order valence-electron chi connectivity index (χ3n) is 0.957. The van der Waals surface area contributed by atoms with E-state index in [1.165, 1.54) is 25.7 Å². The van der Waals surface area contributed by atoms with Crippen molar-refractivity contribution in [2.75, 3.05) is 0 Å². The van der Waals surface area contributed by atoms with Gasteiger partial charge in [0.25, 0.3) is 0 Å². The Morgan fingerprint density at radius 2 is 1.00 bits per heavy atom. The van der Waals surface area contributed by atoms with Crippen molar-refractivity contribution in [3.05, 3.63) is 0 Å². The van der Waals surface area contributed by atoms with E-state index in [2.05, 4.69) is 13.8 Å². The van der Waals surface area contributed by atoms with Crippen LogP contribution >= 0.6 is 0 Å². The zero-order valence-corrected chi connectivity index (χ0v) is 7.71. The minimum absolute atomic E-state index is 0.